The van der Waals surface area contributed by atoms with Gasteiger partial charge in [-0.1, -0.05) is 68.3 Å². The van der Waals surface area contributed by atoms with Gasteiger partial charge in [-0.2, -0.15) is 0 Å². The molecule has 2 aliphatic carbocycles. The highest BCUT2D eigenvalue weighted by Crippen LogP contribution is 2.44. The third-order valence-electron chi connectivity index (χ3n) is 7.04. The molecule has 0 saturated heterocycles. The number of nitrogens with one attached hydrogen (secondary N) is 2. The zero-order valence-electron chi connectivity index (χ0n) is 19.5. The maximum atomic E-state index is 12.8. The Hall–Kier alpha value is -3.35. The van der Waals surface area contributed by atoms with E-state index in [1.807, 2.05) is 31.2 Å². The largest absolute Gasteiger partial charge is 0.481 e. The van der Waals surface area contributed by atoms with Crippen molar-refractivity contribution in [2.75, 3.05) is 13.2 Å². The van der Waals surface area contributed by atoms with Crippen LogP contribution in [0.2, 0.25) is 0 Å². The van der Waals surface area contributed by atoms with Crippen LogP contribution in [-0.2, 0) is 14.3 Å². The monoisotopic (exact) mass is 464 g/mol. The standard InChI is InChI=1S/C27H32N2O5/c1-2-8-24(25(30)28-15-17-9-7-14-18(17)26(31)32)29-27(33)34-16-23-21-12-5-3-10-19(21)20-11-4-6-13-22(20)23/h3-6,10-13,17-18,23-24H,2,7-9,14-16H2,1H3,(H,28,30)(H,29,33)(H,31,32)/t17-,18-,24-/m0/s1. The first-order valence-electron chi connectivity index (χ1n) is 12.1. The van der Waals surface area contributed by atoms with Gasteiger partial charge in [-0.05, 0) is 47.4 Å². The van der Waals surface area contributed by atoms with E-state index in [4.69, 9.17) is 4.74 Å². The van der Waals surface area contributed by atoms with Crippen LogP contribution in [0.3, 0.4) is 0 Å². The number of carbonyl (C=O) groups excluding carboxylic acids is 2. The van der Waals surface area contributed by atoms with Gasteiger partial charge in [0.1, 0.15) is 12.6 Å². The number of carboxylic acid groups (broad SMARTS) is 1. The van der Waals surface area contributed by atoms with E-state index in [2.05, 4.69) is 34.9 Å². The summed E-state index contributed by atoms with van der Waals surface area (Å²) < 4.78 is 5.59. The third kappa shape index (κ3) is 5.08. The maximum Gasteiger partial charge on any atom is 0.407 e. The molecule has 1 saturated carbocycles. The zero-order chi connectivity index (χ0) is 24.1. The van der Waals surface area contributed by atoms with E-state index < -0.39 is 24.0 Å². The van der Waals surface area contributed by atoms with Crippen LogP contribution in [0.15, 0.2) is 48.5 Å². The predicted octanol–water partition coefficient (Wildman–Crippen LogP) is 4.31. The molecule has 180 valence electrons. The van der Waals surface area contributed by atoms with E-state index in [0.717, 1.165) is 35.1 Å². The first-order valence-corrected chi connectivity index (χ1v) is 12.1. The fourth-order valence-corrected chi connectivity index (χ4v) is 5.30. The Kier molecular flexibility index (Phi) is 7.50. The van der Waals surface area contributed by atoms with Crippen LogP contribution < -0.4 is 10.6 Å². The summed E-state index contributed by atoms with van der Waals surface area (Å²) in [5.74, 6) is -1.64. The van der Waals surface area contributed by atoms with Gasteiger partial charge in [0.05, 0.1) is 5.92 Å². The van der Waals surface area contributed by atoms with E-state index >= 15 is 0 Å². The van der Waals surface area contributed by atoms with E-state index in [0.29, 0.717) is 25.8 Å². The Bertz CT molecular complexity index is 1010. The molecular formula is C27H32N2O5. The number of hydrogen-bond acceptors (Lipinski definition) is 4. The topological polar surface area (TPSA) is 105 Å². The summed E-state index contributed by atoms with van der Waals surface area (Å²) in [6, 6.07) is 15.5. The van der Waals surface area contributed by atoms with E-state index in [1.54, 1.807) is 0 Å². The Balaban J connectivity index is 1.33. The van der Waals surface area contributed by atoms with Gasteiger partial charge >= 0.3 is 12.1 Å². The van der Waals surface area contributed by atoms with E-state index in [9.17, 15) is 19.5 Å². The molecule has 2 amide bonds. The third-order valence-corrected chi connectivity index (χ3v) is 7.04. The molecule has 3 N–H and O–H groups in total. The summed E-state index contributed by atoms with van der Waals surface area (Å²) in [7, 11) is 0. The van der Waals surface area contributed by atoms with Gasteiger partial charge in [0, 0.05) is 12.5 Å². The fourth-order valence-electron chi connectivity index (χ4n) is 5.30. The molecule has 0 heterocycles. The summed E-state index contributed by atoms with van der Waals surface area (Å²) in [5, 5.41) is 14.9. The Labute approximate surface area is 199 Å². The second kappa shape index (κ2) is 10.7. The number of rotatable bonds is 9. The van der Waals surface area contributed by atoms with Crippen LogP contribution in [0, 0.1) is 11.8 Å². The number of hydrogen-bond donors (Lipinski definition) is 3. The predicted molar refractivity (Wildman–Crippen MR) is 128 cm³/mol. The van der Waals surface area contributed by atoms with Gasteiger partial charge in [0.15, 0.2) is 0 Å². The quantitative estimate of drug-likeness (QED) is 0.513. The lowest BCUT2D eigenvalue weighted by Gasteiger charge is -2.21. The number of fused-ring (bicyclic) bond motifs is 3. The van der Waals surface area contributed by atoms with Crippen LogP contribution in [0.1, 0.15) is 56.1 Å². The average Bonchev–Trinajstić information content (AvgIpc) is 3.44. The number of aliphatic carboxylic acids is 1. The van der Waals surface area contributed by atoms with Crippen LogP contribution in [-0.4, -0.2) is 42.3 Å². The SMILES string of the molecule is CCC[C@H](NC(=O)OCC1c2ccccc2-c2ccccc21)C(=O)NC[C@@H]1CCC[C@@H]1C(=O)O. The molecule has 0 spiro atoms. The van der Waals surface area contributed by atoms with Crippen molar-refractivity contribution in [3.8, 4) is 11.1 Å². The van der Waals surface area contributed by atoms with Gasteiger partial charge < -0.3 is 20.5 Å². The minimum Gasteiger partial charge on any atom is -0.481 e. The number of carboxylic acids is 1. The highest BCUT2D eigenvalue weighted by molar-refractivity contribution is 5.85. The lowest BCUT2D eigenvalue weighted by atomic mass is 9.96. The first kappa shape index (κ1) is 23.8. The lowest BCUT2D eigenvalue weighted by Crippen LogP contribution is -2.48. The van der Waals surface area contributed by atoms with Crippen molar-refractivity contribution in [3.63, 3.8) is 0 Å². The Morgan fingerprint density at radius 3 is 2.29 bits per heavy atom. The van der Waals surface area contributed by atoms with Gasteiger partial charge in [-0.25, -0.2) is 4.79 Å². The maximum absolute atomic E-state index is 12.8. The van der Waals surface area contributed by atoms with Crippen LogP contribution in [0.25, 0.3) is 11.1 Å². The smallest absolute Gasteiger partial charge is 0.407 e. The van der Waals surface area contributed by atoms with Crippen LogP contribution in [0.5, 0.6) is 0 Å². The molecule has 7 nitrogen and oxygen atoms in total. The molecule has 3 atom stereocenters. The molecule has 0 unspecified atom stereocenters. The van der Waals surface area contributed by atoms with Gasteiger partial charge in [0.2, 0.25) is 5.91 Å². The van der Waals surface area contributed by atoms with Crippen molar-refractivity contribution in [3.05, 3.63) is 59.7 Å². The van der Waals surface area contributed by atoms with Crippen LogP contribution >= 0.6 is 0 Å². The van der Waals surface area contributed by atoms with Crippen LogP contribution in [0.4, 0.5) is 4.79 Å². The van der Waals surface area contributed by atoms with Crippen molar-refractivity contribution in [2.24, 2.45) is 11.8 Å². The average molecular weight is 465 g/mol. The number of carbonyl (C=O) groups is 3. The van der Waals surface area contributed by atoms with Crippen molar-refractivity contribution >= 4 is 18.0 Å². The number of benzene rings is 2. The Morgan fingerprint density at radius 2 is 1.68 bits per heavy atom. The number of amides is 2. The molecule has 0 radical (unpaired) electrons. The van der Waals surface area contributed by atoms with Crippen molar-refractivity contribution in [2.45, 2.75) is 51.0 Å². The Morgan fingerprint density at radius 1 is 1.03 bits per heavy atom. The second-order valence-corrected chi connectivity index (χ2v) is 9.19. The molecule has 1 fully saturated rings. The molecule has 2 aromatic rings. The molecule has 0 aromatic heterocycles. The summed E-state index contributed by atoms with van der Waals surface area (Å²) in [5.41, 5.74) is 4.57. The molecule has 4 rings (SSSR count). The molecule has 7 heteroatoms. The highest BCUT2D eigenvalue weighted by atomic mass is 16.5. The zero-order valence-corrected chi connectivity index (χ0v) is 19.5. The molecule has 34 heavy (non-hydrogen) atoms. The molecule has 2 aliphatic rings. The summed E-state index contributed by atoms with van der Waals surface area (Å²) >= 11 is 0. The summed E-state index contributed by atoms with van der Waals surface area (Å²) in [4.78, 5) is 36.8. The van der Waals surface area contributed by atoms with Crippen molar-refractivity contribution < 1.29 is 24.2 Å². The molecule has 0 aliphatic heterocycles. The first-order chi connectivity index (χ1) is 16.5. The minimum atomic E-state index is -0.807. The fraction of sp³-hybridized carbons (Fsp3) is 0.444. The van der Waals surface area contributed by atoms with Crippen molar-refractivity contribution in [1.29, 1.82) is 0 Å². The molecule has 0 bridgehead atoms. The van der Waals surface area contributed by atoms with Crippen molar-refractivity contribution in [1.82, 2.24) is 10.6 Å². The minimum absolute atomic E-state index is 0.0491. The molecule has 2 aromatic carbocycles. The summed E-state index contributed by atoms with van der Waals surface area (Å²) in [6.07, 6.45) is 2.85. The van der Waals surface area contributed by atoms with E-state index in [1.165, 1.54) is 0 Å². The van der Waals surface area contributed by atoms with Gasteiger partial charge in [0.25, 0.3) is 0 Å². The highest BCUT2D eigenvalue weighted by Gasteiger charge is 2.34. The number of alkyl carbamates (subject to hydrolysis) is 1. The number of ether oxygens (including phenoxy) is 1. The lowest BCUT2D eigenvalue weighted by molar-refractivity contribution is -0.143. The molecular weight excluding hydrogens is 432 g/mol. The van der Waals surface area contributed by atoms with Gasteiger partial charge in [-0.15, -0.1) is 0 Å². The van der Waals surface area contributed by atoms with E-state index in [-0.39, 0.29) is 24.3 Å². The summed E-state index contributed by atoms with van der Waals surface area (Å²) in [6.45, 7) is 2.43. The second-order valence-electron chi connectivity index (χ2n) is 9.19. The normalized spacial score (nSPS) is 19.7. The van der Waals surface area contributed by atoms with Gasteiger partial charge in [-0.3, -0.25) is 9.59 Å².